The lowest BCUT2D eigenvalue weighted by Gasteiger charge is -2.21. The second-order valence-corrected chi connectivity index (χ2v) is 7.35. The Kier molecular flexibility index (Phi) is 5.73. The van der Waals surface area contributed by atoms with Crippen LogP contribution in [0.15, 0.2) is 29.4 Å². The SMILES string of the molecule is CS(=O)(=O)c1nc2ccccc2n1CC(=O)N(CCC#N)CCC#N. The molecule has 0 atom stereocenters. The van der Waals surface area contributed by atoms with Gasteiger partial charge in [0.2, 0.25) is 20.9 Å². The highest BCUT2D eigenvalue weighted by atomic mass is 32.2. The predicted molar refractivity (Wildman–Crippen MR) is 89.9 cm³/mol. The summed E-state index contributed by atoms with van der Waals surface area (Å²) in [4.78, 5) is 18.1. The topological polar surface area (TPSA) is 120 Å². The zero-order chi connectivity index (χ0) is 18.4. The van der Waals surface area contributed by atoms with E-state index in [0.29, 0.717) is 11.0 Å². The van der Waals surface area contributed by atoms with Gasteiger partial charge in [-0.05, 0) is 12.1 Å². The molecule has 2 aromatic rings. The van der Waals surface area contributed by atoms with Crippen molar-refractivity contribution in [1.82, 2.24) is 14.5 Å². The van der Waals surface area contributed by atoms with Gasteiger partial charge in [0, 0.05) is 19.3 Å². The monoisotopic (exact) mass is 359 g/mol. The van der Waals surface area contributed by atoms with Crippen molar-refractivity contribution in [2.75, 3.05) is 19.3 Å². The molecule has 25 heavy (non-hydrogen) atoms. The Morgan fingerprint density at radius 2 is 1.80 bits per heavy atom. The van der Waals surface area contributed by atoms with E-state index in [-0.39, 0.29) is 43.5 Å². The minimum atomic E-state index is -3.62. The van der Waals surface area contributed by atoms with Gasteiger partial charge in [0.05, 0.1) is 36.0 Å². The zero-order valence-corrected chi connectivity index (χ0v) is 14.5. The van der Waals surface area contributed by atoms with Gasteiger partial charge in [-0.1, -0.05) is 12.1 Å². The van der Waals surface area contributed by atoms with Gasteiger partial charge < -0.3 is 9.47 Å². The lowest BCUT2D eigenvalue weighted by atomic mass is 10.3. The maximum Gasteiger partial charge on any atom is 0.242 e. The van der Waals surface area contributed by atoms with Crippen LogP contribution in [0, 0.1) is 22.7 Å². The fraction of sp³-hybridized carbons (Fsp3) is 0.375. The van der Waals surface area contributed by atoms with Crippen molar-refractivity contribution < 1.29 is 13.2 Å². The van der Waals surface area contributed by atoms with Gasteiger partial charge in [0.15, 0.2) is 0 Å². The summed E-state index contributed by atoms with van der Waals surface area (Å²) in [6, 6.07) is 10.8. The molecule has 0 aliphatic carbocycles. The standard InChI is InChI=1S/C16H17N5O3S/c1-25(23,24)16-19-13-6-2-3-7-14(13)21(16)12-15(22)20(10-4-8-17)11-5-9-18/h2-3,6-7H,4-5,10-12H2,1H3. The van der Waals surface area contributed by atoms with Crippen LogP contribution in [0.1, 0.15) is 12.8 Å². The Morgan fingerprint density at radius 3 is 2.36 bits per heavy atom. The number of rotatable bonds is 7. The van der Waals surface area contributed by atoms with Crippen LogP contribution in [-0.4, -0.2) is 48.1 Å². The number of hydrogen-bond donors (Lipinski definition) is 0. The lowest BCUT2D eigenvalue weighted by molar-refractivity contribution is -0.131. The number of benzene rings is 1. The molecule has 1 aromatic heterocycles. The van der Waals surface area contributed by atoms with E-state index in [1.165, 1.54) is 9.47 Å². The molecule has 0 saturated heterocycles. The third kappa shape index (κ3) is 4.34. The number of sulfone groups is 1. The largest absolute Gasteiger partial charge is 0.339 e. The number of nitriles is 2. The van der Waals surface area contributed by atoms with E-state index in [9.17, 15) is 13.2 Å². The number of carbonyl (C=O) groups is 1. The highest BCUT2D eigenvalue weighted by Crippen LogP contribution is 2.19. The second-order valence-electron chi connectivity index (χ2n) is 5.44. The second kappa shape index (κ2) is 7.77. The first-order chi connectivity index (χ1) is 11.9. The first-order valence-corrected chi connectivity index (χ1v) is 9.44. The summed E-state index contributed by atoms with van der Waals surface area (Å²) in [6.45, 7) is 0.162. The van der Waals surface area contributed by atoms with Crippen molar-refractivity contribution in [2.45, 2.75) is 24.5 Å². The van der Waals surface area contributed by atoms with Crippen LogP contribution < -0.4 is 0 Å². The summed E-state index contributed by atoms with van der Waals surface area (Å²) in [7, 11) is -3.62. The fourth-order valence-corrected chi connectivity index (χ4v) is 3.28. The number of imidazole rings is 1. The molecular weight excluding hydrogens is 342 g/mol. The molecule has 2 rings (SSSR count). The molecule has 0 bridgehead atoms. The van der Waals surface area contributed by atoms with Gasteiger partial charge in [0.25, 0.3) is 0 Å². The molecule has 0 N–H and O–H groups in total. The molecule has 1 amide bonds. The molecule has 0 unspecified atom stereocenters. The summed E-state index contributed by atoms with van der Waals surface area (Å²) in [5, 5.41) is 17.3. The van der Waals surface area contributed by atoms with E-state index in [1.807, 2.05) is 12.1 Å². The van der Waals surface area contributed by atoms with Gasteiger partial charge in [-0.25, -0.2) is 13.4 Å². The third-order valence-corrected chi connectivity index (χ3v) is 4.56. The van der Waals surface area contributed by atoms with Crippen LogP contribution in [0.4, 0.5) is 0 Å². The Labute approximate surface area is 145 Å². The highest BCUT2D eigenvalue weighted by Gasteiger charge is 2.23. The van der Waals surface area contributed by atoms with E-state index in [4.69, 9.17) is 10.5 Å². The normalized spacial score (nSPS) is 11.0. The van der Waals surface area contributed by atoms with Gasteiger partial charge in [-0.2, -0.15) is 10.5 Å². The smallest absolute Gasteiger partial charge is 0.242 e. The number of nitrogens with zero attached hydrogens (tertiary/aromatic N) is 5. The molecule has 1 heterocycles. The number of carbonyl (C=O) groups excluding carboxylic acids is 1. The van der Waals surface area contributed by atoms with Crippen molar-refractivity contribution in [2.24, 2.45) is 0 Å². The first-order valence-electron chi connectivity index (χ1n) is 7.55. The summed E-state index contributed by atoms with van der Waals surface area (Å²) < 4.78 is 25.4. The first kappa shape index (κ1) is 18.4. The Balaban J connectivity index is 2.39. The van der Waals surface area contributed by atoms with Crippen LogP contribution in [0.5, 0.6) is 0 Å². The van der Waals surface area contributed by atoms with E-state index < -0.39 is 9.84 Å². The average Bonchev–Trinajstić information content (AvgIpc) is 2.94. The molecular formula is C16H17N5O3S. The average molecular weight is 359 g/mol. The van der Waals surface area contributed by atoms with Gasteiger partial charge in [-0.3, -0.25) is 4.79 Å². The summed E-state index contributed by atoms with van der Waals surface area (Å²) in [5.74, 6) is -0.362. The van der Waals surface area contributed by atoms with Crippen molar-refractivity contribution in [3.8, 4) is 12.1 Å². The predicted octanol–water partition coefficient (Wildman–Crippen LogP) is 1.10. The van der Waals surface area contributed by atoms with Crippen LogP contribution in [0.3, 0.4) is 0 Å². The summed E-state index contributed by atoms with van der Waals surface area (Å²) >= 11 is 0. The molecule has 0 fully saturated rings. The van der Waals surface area contributed by atoms with Gasteiger partial charge in [-0.15, -0.1) is 0 Å². The minimum Gasteiger partial charge on any atom is -0.339 e. The van der Waals surface area contributed by atoms with Crippen molar-refractivity contribution >= 4 is 26.8 Å². The minimum absolute atomic E-state index is 0.140. The van der Waals surface area contributed by atoms with E-state index in [0.717, 1.165) is 6.26 Å². The van der Waals surface area contributed by atoms with Gasteiger partial charge >= 0.3 is 0 Å². The maximum absolute atomic E-state index is 12.6. The molecule has 9 heteroatoms. The number of para-hydroxylation sites is 2. The van der Waals surface area contributed by atoms with Crippen LogP contribution in [0.2, 0.25) is 0 Å². The highest BCUT2D eigenvalue weighted by molar-refractivity contribution is 7.90. The molecule has 130 valence electrons. The van der Waals surface area contributed by atoms with Crippen LogP contribution in [0.25, 0.3) is 11.0 Å². The zero-order valence-electron chi connectivity index (χ0n) is 13.7. The summed E-state index contributed by atoms with van der Waals surface area (Å²) in [6.07, 6.45) is 1.32. The van der Waals surface area contributed by atoms with E-state index >= 15 is 0 Å². The molecule has 0 saturated carbocycles. The number of fused-ring (bicyclic) bond motifs is 1. The number of hydrogen-bond acceptors (Lipinski definition) is 6. The van der Waals surface area contributed by atoms with Crippen molar-refractivity contribution in [3.63, 3.8) is 0 Å². The quantitative estimate of drug-likeness (QED) is 0.730. The number of amides is 1. The molecule has 0 aliphatic rings. The lowest BCUT2D eigenvalue weighted by Crippen LogP contribution is -2.35. The Bertz CT molecular complexity index is 948. The Morgan fingerprint density at radius 1 is 1.20 bits per heavy atom. The molecule has 0 radical (unpaired) electrons. The fourth-order valence-electron chi connectivity index (χ4n) is 2.46. The van der Waals surface area contributed by atoms with Gasteiger partial charge in [0.1, 0.15) is 6.54 Å². The van der Waals surface area contributed by atoms with Crippen LogP contribution >= 0.6 is 0 Å². The molecule has 8 nitrogen and oxygen atoms in total. The van der Waals surface area contributed by atoms with Crippen molar-refractivity contribution in [3.05, 3.63) is 24.3 Å². The molecule has 0 spiro atoms. The molecule has 1 aromatic carbocycles. The van der Waals surface area contributed by atoms with E-state index in [2.05, 4.69) is 4.98 Å². The maximum atomic E-state index is 12.6. The summed E-state index contributed by atoms with van der Waals surface area (Å²) in [5.41, 5.74) is 1.02. The van der Waals surface area contributed by atoms with Crippen molar-refractivity contribution in [1.29, 1.82) is 10.5 Å². The van der Waals surface area contributed by atoms with Crippen LogP contribution in [-0.2, 0) is 21.2 Å². The Hall–Kier alpha value is -2.91. The molecule has 0 aliphatic heterocycles. The third-order valence-electron chi connectivity index (χ3n) is 3.58. The van der Waals surface area contributed by atoms with E-state index in [1.54, 1.807) is 24.3 Å². The number of aromatic nitrogens is 2.